The lowest BCUT2D eigenvalue weighted by molar-refractivity contribution is 0.583. The standard InChI is InChI=1S/C18H31N3/c1-6-9-21(12-16-7-8-16)18-17(11-19-13(2)3)14(4)10-15(5)20-18/h10,13,16,19H,6-9,11-12H2,1-5H3. The van der Waals surface area contributed by atoms with Crippen LogP contribution >= 0.6 is 0 Å². The Morgan fingerprint density at radius 2 is 2.05 bits per heavy atom. The first-order chi connectivity index (χ1) is 10.0. The number of anilines is 1. The van der Waals surface area contributed by atoms with Crippen molar-refractivity contribution >= 4 is 5.82 Å². The van der Waals surface area contributed by atoms with Crippen molar-refractivity contribution in [2.75, 3.05) is 18.0 Å². The van der Waals surface area contributed by atoms with Gasteiger partial charge in [-0.25, -0.2) is 4.98 Å². The number of nitrogens with one attached hydrogen (secondary N) is 1. The average molecular weight is 289 g/mol. The quantitative estimate of drug-likeness (QED) is 0.788. The third-order valence-corrected chi connectivity index (χ3v) is 4.11. The van der Waals surface area contributed by atoms with Gasteiger partial charge in [-0.05, 0) is 50.7 Å². The fourth-order valence-electron chi connectivity index (χ4n) is 2.80. The number of pyridine rings is 1. The number of aryl methyl sites for hydroxylation is 2. The Kier molecular flexibility index (Phi) is 5.63. The van der Waals surface area contributed by atoms with Crippen molar-refractivity contribution in [3.63, 3.8) is 0 Å². The maximum absolute atomic E-state index is 4.90. The molecule has 0 aliphatic heterocycles. The Morgan fingerprint density at radius 1 is 1.33 bits per heavy atom. The van der Waals surface area contributed by atoms with Gasteiger partial charge >= 0.3 is 0 Å². The van der Waals surface area contributed by atoms with Gasteiger partial charge in [0.15, 0.2) is 0 Å². The van der Waals surface area contributed by atoms with Crippen LogP contribution in [-0.4, -0.2) is 24.1 Å². The van der Waals surface area contributed by atoms with Crippen molar-refractivity contribution in [1.29, 1.82) is 0 Å². The van der Waals surface area contributed by atoms with Gasteiger partial charge in [-0.2, -0.15) is 0 Å². The predicted molar refractivity (Wildman–Crippen MR) is 90.9 cm³/mol. The molecule has 0 spiro atoms. The Hall–Kier alpha value is -1.09. The van der Waals surface area contributed by atoms with Crippen molar-refractivity contribution in [2.24, 2.45) is 5.92 Å². The van der Waals surface area contributed by atoms with Crippen molar-refractivity contribution < 1.29 is 0 Å². The first-order valence-electron chi connectivity index (χ1n) is 8.46. The van der Waals surface area contributed by atoms with Crippen molar-refractivity contribution in [2.45, 2.75) is 66.5 Å². The zero-order chi connectivity index (χ0) is 15.4. The van der Waals surface area contributed by atoms with Crippen LogP contribution < -0.4 is 10.2 Å². The lowest BCUT2D eigenvalue weighted by Gasteiger charge is -2.27. The highest BCUT2D eigenvalue weighted by atomic mass is 15.2. The fraction of sp³-hybridized carbons (Fsp3) is 0.722. The van der Waals surface area contributed by atoms with E-state index in [2.05, 4.69) is 50.9 Å². The third kappa shape index (κ3) is 4.70. The molecule has 118 valence electrons. The molecule has 1 saturated carbocycles. The predicted octanol–water partition coefficient (Wildman–Crippen LogP) is 3.82. The highest BCUT2D eigenvalue weighted by Gasteiger charge is 2.26. The van der Waals surface area contributed by atoms with Gasteiger partial charge in [-0.1, -0.05) is 20.8 Å². The molecule has 0 amide bonds. The van der Waals surface area contributed by atoms with Crippen LogP contribution in [0.2, 0.25) is 0 Å². The lowest BCUT2D eigenvalue weighted by atomic mass is 10.1. The monoisotopic (exact) mass is 289 g/mol. The molecule has 0 aromatic carbocycles. The summed E-state index contributed by atoms with van der Waals surface area (Å²) in [6.07, 6.45) is 3.97. The molecule has 1 aliphatic carbocycles. The molecule has 3 nitrogen and oxygen atoms in total. The van der Waals surface area contributed by atoms with Gasteiger partial charge in [0, 0.05) is 36.9 Å². The first-order valence-corrected chi connectivity index (χ1v) is 8.46. The lowest BCUT2D eigenvalue weighted by Crippen LogP contribution is -2.31. The normalized spacial score (nSPS) is 14.8. The van der Waals surface area contributed by atoms with Gasteiger partial charge in [0.2, 0.25) is 0 Å². The summed E-state index contributed by atoms with van der Waals surface area (Å²) in [4.78, 5) is 7.42. The zero-order valence-corrected chi connectivity index (χ0v) is 14.4. The van der Waals surface area contributed by atoms with E-state index in [1.165, 1.54) is 42.8 Å². The van der Waals surface area contributed by atoms with Gasteiger partial charge in [0.1, 0.15) is 5.82 Å². The molecule has 1 aliphatic rings. The molecule has 1 N–H and O–H groups in total. The second-order valence-electron chi connectivity index (χ2n) is 6.81. The van der Waals surface area contributed by atoms with E-state index in [0.29, 0.717) is 6.04 Å². The SMILES string of the molecule is CCCN(CC1CC1)c1nc(C)cc(C)c1CNC(C)C. The van der Waals surface area contributed by atoms with Gasteiger partial charge in [-0.3, -0.25) is 0 Å². The minimum atomic E-state index is 0.501. The van der Waals surface area contributed by atoms with E-state index in [4.69, 9.17) is 4.98 Å². The molecule has 2 rings (SSSR count). The van der Waals surface area contributed by atoms with E-state index in [9.17, 15) is 0 Å². The van der Waals surface area contributed by atoms with E-state index in [1.54, 1.807) is 0 Å². The molecule has 0 atom stereocenters. The average Bonchev–Trinajstić information content (AvgIpc) is 3.20. The minimum absolute atomic E-state index is 0.501. The molecule has 21 heavy (non-hydrogen) atoms. The van der Waals surface area contributed by atoms with E-state index < -0.39 is 0 Å². The molecule has 1 aromatic rings. The summed E-state index contributed by atoms with van der Waals surface area (Å²) in [5.41, 5.74) is 3.87. The van der Waals surface area contributed by atoms with Gasteiger partial charge in [0.05, 0.1) is 0 Å². The second kappa shape index (κ2) is 7.26. The van der Waals surface area contributed by atoms with E-state index in [-0.39, 0.29) is 0 Å². The minimum Gasteiger partial charge on any atom is -0.356 e. The van der Waals surface area contributed by atoms with Crippen LogP contribution in [0.3, 0.4) is 0 Å². The molecular weight excluding hydrogens is 258 g/mol. The molecule has 1 fully saturated rings. The fourth-order valence-corrected chi connectivity index (χ4v) is 2.80. The van der Waals surface area contributed by atoms with Crippen molar-refractivity contribution in [3.05, 3.63) is 22.9 Å². The van der Waals surface area contributed by atoms with E-state index in [1.807, 2.05) is 0 Å². The maximum atomic E-state index is 4.90. The van der Waals surface area contributed by atoms with Crippen molar-refractivity contribution in [3.8, 4) is 0 Å². The number of hydrogen-bond acceptors (Lipinski definition) is 3. The Morgan fingerprint density at radius 3 is 2.62 bits per heavy atom. The van der Waals surface area contributed by atoms with Crippen LogP contribution in [-0.2, 0) is 6.54 Å². The summed E-state index contributed by atoms with van der Waals surface area (Å²) < 4.78 is 0. The van der Waals surface area contributed by atoms with Gasteiger partial charge in [-0.15, -0.1) is 0 Å². The van der Waals surface area contributed by atoms with Gasteiger partial charge in [0.25, 0.3) is 0 Å². The summed E-state index contributed by atoms with van der Waals surface area (Å²) in [7, 11) is 0. The van der Waals surface area contributed by atoms with Crippen LogP contribution in [0.25, 0.3) is 0 Å². The van der Waals surface area contributed by atoms with E-state index >= 15 is 0 Å². The Balaban J connectivity index is 2.27. The third-order valence-electron chi connectivity index (χ3n) is 4.11. The van der Waals surface area contributed by atoms with Crippen LogP contribution in [0.5, 0.6) is 0 Å². The number of hydrogen-bond donors (Lipinski definition) is 1. The first kappa shape index (κ1) is 16.3. The highest BCUT2D eigenvalue weighted by molar-refractivity contribution is 5.52. The molecule has 1 aromatic heterocycles. The van der Waals surface area contributed by atoms with Crippen LogP contribution in [0.1, 0.15) is 56.9 Å². The molecule has 1 heterocycles. The van der Waals surface area contributed by atoms with Crippen molar-refractivity contribution in [1.82, 2.24) is 10.3 Å². The molecule has 0 saturated heterocycles. The maximum Gasteiger partial charge on any atom is 0.133 e. The Labute approximate surface area is 130 Å². The summed E-state index contributed by atoms with van der Waals surface area (Å²) in [6, 6.07) is 2.71. The van der Waals surface area contributed by atoms with Crippen LogP contribution in [0.15, 0.2) is 6.07 Å². The Bertz CT molecular complexity index is 464. The number of nitrogens with zero attached hydrogens (tertiary/aromatic N) is 2. The largest absolute Gasteiger partial charge is 0.356 e. The molecule has 3 heteroatoms. The van der Waals surface area contributed by atoms with Crippen LogP contribution in [0, 0.1) is 19.8 Å². The summed E-state index contributed by atoms with van der Waals surface area (Å²) in [6.45, 7) is 14.2. The smallest absolute Gasteiger partial charge is 0.133 e. The molecule has 0 radical (unpaired) electrons. The number of aromatic nitrogens is 1. The van der Waals surface area contributed by atoms with Gasteiger partial charge < -0.3 is 10.2 Å². The second-order valence-corrected chi connectivity index (χ2v) is 6.81. The zero-order valence-electron chi connectivity index (χ0n) is 14.4. The highest BCUT2D eigenvalue weighted by Crippen LogP contribution is 2.32. The summed E-state index contributed by atoms with van der Waals surface area (Å²) in [5.74, 6) is 2.11. The molecule has 0 bridgehead atoms. The molecule has 0 unspecified atom stereocenters. The summed E-state index contributed by atoms with van der Waals surface area (Å²) in [5, 5.41) is 3.56. The molecular formula is C18H31N3. The van der Waals surface area contributed by atoms with E-state index in [0.717, 1.165) is 24.7 Å². The number of rotatable bonds is 8. The summed E-state index contributed by atoms with van der Waals surface area (Å²) >= 11 is 0. The topological polar surface area (TPSA) is 28.2 Å². The van der Waals surface area contributed by atoms with Crippen LogP contribution in [0.4, 0.5) is 5.82 Å².